The number of nitrogen functional groups attached to an aromatic ring is 1. The van der Waals surface area contributed by atoms with Crippen molar-refractivity contribution in [3.8, 4) is 11.6 Å². The molecule has 2 aromatic rings. The van der Waals surface area contributed by atoms with Gasteiger partial charge in [0.15, 0.2) is 0 Å². The molecule has 0 saturated carbocycles. The maximum atomic E-state index is 11.0. The standard InChI is InChI=1S/C11H11N5O3/c1-7-9(16(17)18)10(14-11(13-7)15-12)19-8-5-3-2-4-6-8/h2-6H,12H2,1H3,(H,13,14,15). The Bertz CT molecular complexity index is 603. The summed E-state index contributed by atoms with van der Waals surface area (Å²) in [6, 6.07) is 8.63. The second kappa shape index (κ2) is 5.27. The lowest BCUT2D eigenvalue weighted by Crippen LogP contribution is -2.12. The molecule has 0 spiro atoms. The number of hydrogen-bond donors (Lipinski definition) is 2. The Morgan fingerprint density at radius 1 is 1.32 bits per heavy atom. The van der Waals surface area contributed by atoms with E-state index in [1.807, 2.05) is 0 Å². The molecular formula is C11H11N5O3. The van der Waals surface area contributed by atoms with Gasteiger partial charge in [0.05, 0.1) is 4.92 Å². The van der Waals surface area contributed by atoms with E-state index >= 15 is 0 Å². The van der Waals surface area contributed by atoms with Crippen LogP contribution in [0.25, 0.3) is 0 Å². The van der Waals surface area contributed by atoms with E-state index in [0.29, 0.717) is 5.75 Å². The fraction of sp³-hybridized carbons (Fsp3) is 0.0909. The van der Waals surface area contributed by atoms with Crippen molar-refractivity contribution < 1.29 is 9.66 Å². The summed E-state index contributed by atoms with van der Waals surface area (Å²) in [6.45, 7) is 1.48. The van der Waals surface area contributed by atoms with E-state index in [1.165, 1.54) is 6.92 Å². The fourth-order valence-electron chi connectivity index (χ4n) is 1.49. The van der Waals surface area contributed by atoms with Gasteiger partial charge >= 0.3 is 11.6 Å². The second-order valence-corrected chi connectivity index (χ2v) is 3.60. The summed E-state index contributed by atoms with van der Waals surface area (Å²) in [5.41, 5.74) is 2.11. The molecule has 0 aliphatic rings. The molecule has 0 unspecified atom stereocenters. The number of hydrogen-bond acceptors (Lipinski definition) is 7. The molecule has 0 atom stereocenters. The molecular weight excluding hydrogens is 250 g/mol. The number of benzene rings is 1. The van der Waals surface area contributed by atoms with Gasteiger partial charge in [-0.2, -0.15) is 4.98 Å². The van der Waals surface area contributed by atoms with Crippen LogP contribution >= 0.6 is 0 Å². The van der Waals surface area contributed by atoms with Gasteiger partial charge in [-0.1, -0.05) is 18.2 Å². The van der Waals surface area contributed by atoms with Gasteiger partial charge in [0, 0.05) is 0 Å². The number of nitrogens with zero attached hydrogens (tertiary/aromatic N) is 3. The number of nitrogens with two attached hydrogens (primary N) is 1. The molecule has 19 heavy (non-hydrogen) atoms. The molecule has 0 fully saturated rings. The minimum Gasteiger partial charge on any atom is -0.434 e. The molecule has 0 saturated heterocycles. The molecule has 0 amide bonds. The zero-order valence-electron chi connectivity index (χ0n) is 10.0. The van der Waals surface area contributed by atoms with Crippen LogP contribution in [0.5, 0.6) is 11.6 Å². The van der Waals surface area contributed by atoms with Crippen LogP contribution in [0.2, 0.25) is 0 Å². The number of aryl methyl sites for hydroxylation is 1. The molecule has 3 N–H and O–H groups in total. The Kier molecular flexibility index (Phi) is 3.53. The lowest BCUT2D eigenvalue weighted by Gasteiger charge is -2.08. The summed E-state index contributed by atoms with van der Waals surface area (Å²) >= 11 is 0. The highest BCUT2D eigenvalue weighted by molar-refractivity contribution is 5.50. The average Bonchev–Trinajstić information content (AvgIpc) is 2.38. The minimum atomic E-state index is -0.589. The molecule has 2 rings (SSSR count). The van der Waals surface area contributed by atoms with E-state index in [0.717, 1.165) is 0 Å². The SMILES string of the molecule is Cc1nc(NN)nc(Oc2ccccc2)c1[N+](=O)[O-]. The molecule has 8 heteroatoms. The lowest BCUT2D eigenvalue weighted by molar-refractivity contribution is -0.386. The minimum absolute atomic E-state index is 0.0500. The molecule has 1 aromatic carbocycles. The maximum Gasteiger partial charge on any atom is 0.352 e. The van der Waals surface area contributed by atoms with E-state index in [1.54, 1.807) is 30.3 Å². The molecule has 98 valence electrons. The van der Waals surface area contributed by atoms with Crippen LogP contribution in [0.1, 0.15) is 5.69 Å². The van der Waals surface area contributed by atoms with E-state index in [2.05, 4.69) is 15.4 Å². The van der Waals surface area contributed by atoms with Crippen LogP contribution in [0.15, 0.2) is 30.3 Å². The third kappa shape index (κ3) is 2.75. The molecule has 0 aliphatic heterocycles. The van der Waals surface area contributed by atoms with Crippen LogP contribution in [-0.2, 0) is 0 Å². The van der Waals surface area contributed by atoms with Crippen molar-refractivity contribution in [1.29, 1.82) is 0 Å². The van der Waals surface area contributed by atoms with Crippen molar-refractivity contribution >= 4 is 11.6 Å². The predicted octanol–water partition coefficient (Wildman–Crippen LogP) is 1.77. The van der Waals surface area contributed by atoms with Gasteiger partial charge in [0.25, 0.3) is 0 Å². The number of aromatic nitrogens is 2. The second-order valence-electron chi connectivity index (χ2n) is 3.60. The first-order valence-corrected chi connectivity index (χ1v) is 5.34. The van der Waals surface area contributed by atoms with Crippen LogP contribution < -0.4 is 16.0 Å². The third-order valence-corrected chi connectivity index (χ3v) is 2.30. The first kappa shape index (κ1) is 12.7. The smallest absolute Gasteiger partial charge is 0.352 e. The Morgan fingerprint density at radius 3 is 2.58 bits per heavy atom. The highest BCUT2D eigenvalue weighted by Gasteiger charge is 2.24. The van der Waals surface area contributed by atoms with Crippen molar-refractivity contribution in [2.75, 3.05) is 5.43 Å². The lowest BCUT2D eigenvalue weighted by atomic mass is 10.3. The zero-order chi connectivity index (χ0) is 13.8. The number of ether oxygens (including phenoxy) is 1. The topological polar surface area (TPSA) is 116 Å². The quantitative estimate of drug-likeness (QED) is 0.489. The fourth-order valence-corrected chi connectivity index (χ4v) is 1.49. The van der Waals surface area contributed by atoms with Gasteiger partial charge in [-0.25, -0.2) is 10.8 Å². The normalized spacial score (nSPS) is 10.0. The molecule has 1 heterocycles. The molecule has 0 radical (unpaired) electrons. The maximum absolute atomic E-state index is 11.0. The van der Waals surface area contributed by atoms with Gasteiger partial charge in [-0.3, -0.25) is 15.5 Å². The highest BCUT2D eigenvalue weighted by Crippen LogP contribution is 2.32. The first-order valence-electron chi connectivity index (χ1n) is 5.34. The van der Waals surface area contributed by atoms with Gasteiger partial charge in [0.2, 0.25) is 5.95 Å². The summed E-state index contributed by atoms with van der Waals surface area (Å²) in [5.74, 6) is 5.54. The van der Waals surface area contributed by atoms with E-state index in [4.69, 9.17) is 10.6 Å². The van der Waals surface area contributed by atoms with Crippen molar-refractivity contribution in [2.24, 2.45) is 5.84 Å². The van der Waals surface area contributed by atoms with E-state index in [-0.39, 0.29) is 23.2 Å². The Hall–Kier alpha value is -2.74. The van der Waals surface area contributed by atoms with Crippen LogP contribution in [-0.4, -0.2) is 14.9 Å². The first-order chi connectivity index (χ1) is 9.11. The van der Waals surface area contributed by atoms with E-state index < -0.39 is 4.92 Å². The predicted molar refractivity (Wildman–Crippen MR) is 67.7 cm³/mol. The highest BCUT2D eigenvalue weighted by atomic mass is 16.6. The summed E-state index contributed by atoms with van der Waals surface area (Å²) in [4.78, 5) is 18.1. The van der Waals surface area contributed by atoms with Crippen LogP contribution in [0.3, 0.4) is 0 Å². The Labute approximate surface area is 108 Å². The number of anilines is 1. The number of hydrazine groups is 1. The average molecular weight is 261 g/mol. The number of rotatable bonds is 4. The van der Waals surface area contributed by atoms with Crippen molar-refractivity contribution in [3.63, 3.8) is 0 Å². The summed E-state index contributed by atoms with van der Waals surface area (Å²) in [6.07, 6.45) is 0. The van der Waals surface area contributed by atoms with Crippen LogP contribution in [0, 0.1) is 17.0 Å². The number of nitro groups is 1. The Balaban J connectivity index is 2.48. The molecule has 8 nitrogen and oxygen atoms in total. The van der Waals surface area contributed by atoms with Gasteiger partial charge < -0.3 is 4.74 Å². The summed E-state index contributed by atoms with van der Waals surface area (Å²) in [7, 11) is 0. The Morgan fingerprint density at radius 2 is 2.00 bits per heavy atom. The van der Waals surface area contributed by atoms with Gasteiger partial charge in [-0.05, 0) is 19.1 Å². The van der Waals surface area contributed by atoms with E-state index in [9.17, 15) is 10.1 Å². The zero-order valence-corrected chi connectivity index (χ0v) is 10.0. The molecule has 0 bridgehead atoms. The van der Waals surface area contributed by atoms with Crippen LogP contribution in [0.4, 0.5) is 11.6 Å². The number of para-hydroxylation sites is 1. The van der Waals surface area contributed by atoms with Crippen molar-refractivity contribution in [2.45, 2.75) is 6.92 Å². The summed E-state index contributed by atoms with van der Waals surface area (Å²) < 4.78 is 5.41. The monoisotopic (exact) mass is 261 g/mol. The third-order valence-electron chi connectivity index (χ3n) is 2.30. The van der Waals surface area contributed by atoms with Gasteiger partial charge in [-0.15, -0.1) is 0 Å². The summed E-state index contributed by atoms with van der Waals surface area (Å²) in [5, 5.41) is 11.0. The molecule has 1 aromatic heterocycles. The number of nitrogens with one attached hydrogen (secondary N) is 1. The molecule has 0 aliphatic carbocycles. The van der Waals surface area contributed by atoms with Gasteiger partial charge in [0.1, 0.15) is 11.4 Å². The van der Waals surface area contributed by atoms with Crippen molar-refractivity contribution in [1.82, 2.24) is 9.97 Å². The van der Waals surface area contributed by atoms with Crippen molar-refractivity contribution in [3.05, 3.63) is 46.1 Å². The largest absolute Gasteiger partial charge is 0.434 e.